The Balaban J connectivity index is 1.86. The average molecular weight is 269 g/mol. The van der Waals surface area contributed by atoms with Crippen LogP contribution in [0.5, 0.6) is 11.5 Å². The minimum Gasteiger partial charge on any atom is -0.457 e. The molecule has 0 atom stereocenters. The normalized spacial score (nSPS) is 10.7. The van der Waals surface area contributed by atoms with Gasteiger partial charge in [-0.05, 0) is 24.3 Å². The van der Waals surface area contributed by atoms with Crippen molar-refractivity contribution < 1.29 is 9.66 Å². The summed E-state index contributed by atoms with van der Waals surface area (Å²) >= 11 is 0. The van der Waals surface area contributed by atoms with Gasteiger partial charge in [-0.3, -0.25) is 10.1 Å². The summed E-state index contributed by atoms with van der Waals surface area (Å²) in [6, 6.07) is 11.6. The fourth-order valence-corrected chi connectivity index (χ4v) is 1.95. The fraction of sp³-hybridized carbons (Fsp3) is 0.0714. The quantitative estimate of drug-likeness (QED) is 0.540. The van der Waals surface area contributed by atoms with Crippen molar-refractivity contribution in [3.63, 3.8) is 0 Å². The Hall–Kier alpha value is -2.89. The zero-order chi connectivity index (χ0) is 14.1. The fourth-order valence-electron chi connectivity index (χ4n) is 1.95. The summed E-state index contributed by atoms with van der Waals surface area (Å²) < 4.78 is 7.58. The van der Waals surface area contributed by atoms with Crippen LogP contribution in [0.4, 0.5) is 5.69 Å². The van der Waals surface area contributed by atoms with E-state index in [9.17, 15) is 10.1 Å². The summed E-state index contributed by atoms with van der Waals surface area (Å²) in [6.45, 7) is 0. The predicted octanol–water partition coefficient (Wildman–Crippen LogP) is 3.27. The van der Waals surface area contributed by atoms with Crippen LogP contribution in [-0.4, -0.2) is 14.5 Å². The van der Waals surface area contributed by atoms with Crippen LogP contribution in [0.15, 0.2) is 48.8 Å². The highest BCUT2D eigenvalue weighted by Crippen LogP contribution is 2.26. The molecule has 0 aliphatic rings. The zero-order valence-corrected chi connectivity index (χ0v) is 10.7. The summed E-state index contributed by atoms with van der Waals surface area (Å²) in [5, 5.41) is 10.6. The lowest BCUT2D eigenvalue weighted by Crippen LogP contribution is -1.89. The molecular weight excluding hydrogens is 258 g/mol. The van der Waals surface area contributed by atoms with Crippen LogP contribution in [0.2, 0.25) is 0 Å². The third-order valence-electron chi connectivity index (χ3n) is 2.98. The van der Waals surface area contributed by atoms with Crippen molar-refractivity contribution in [3.8, 4) is 11.5 Å². The number of benzene rings is 2. The van der Waals surface area contributed by atoms with E-state index in [2.05, 4.69) is 4.98 Å². The molecule has 0 bridgehead atoms. The van der Waals surface area contributed by atoms with Gasteiger partial charge in [-0.25, -0.2) is 4.98 Å². The Morgan fingerprint density at radius 2 is 1.85 bits per heavy atom. The SMILES string of the molecule is Cn1cnc2cc(Oc3ccc([N+](=O)[O-])cc3)ccc21. The van der Waals surface area contributed by atoms with Gasteiger partial charge >= 0.3 is 0 Å². The van der Waals surface area contributed by atoms with E-state index in [0.29, 0.717) is 11.5 Å². The van der Waals surface area contributed by atoms with Crippen LogP contribution in [-0.2, 0) is 7.05 Å². The maximum atomic E-state index is 10.6. The molecule has 100 valence electrons. The molecule has 0 radical (unpaired) electrons. The molecule has 3 rings (SSSR count). The molecule has 0 saturated carbocycles. The number of non-ortho nitro benzene ring substituents is 1. The highest BCUT2D eigenvalue weighted by molar-refractivity contribution is 5.77. The number of hydrogen-bond donors (Lipinski definition) is 0. The third kappa shape index (κ3) is 2.18. The van der Waals surface area contributed by atoms with Gasteiger partial charge in [0.05, 0.1) is 22.3 Å². The van der Waals surface area contributed by atoms with E-state index in [4.69, 9.17) is 4.74 Å². The molecule has 6 heteroatoms. The minimum absolute atomic E-state index is 0.0394. The molecule has 0 fully saturated rings. The Kier molecular flexibility index (Phi) is 2.83. The van der Waals surface area contributed by atoms with E-state index in [1.54, 1.807) is 18.5 Å². The van der Waals surface area contributed by atoms with E-state index in [1.165, 1.54) is 12.1 Å². The summed E-state index contributed by atoms with van der Waals surface area (Å²) in [5.41, 5.74) is 1.89. The van der Waals surface area contributed by atoms with Gasteiger partial charge in [0, 0.05) is 25.2 Å². The topological polar surface area (TPSA) is 70.2 Å². The van der Waals surface area contributed by atoms with Gasteiger partial charge in [0.1, 0.15) is 11.5 Å². The lowest BCUT2D eigenvalue weighted by atomic mass is 10.3. The maximum Gasteiger partial charge on any atom is 0.269 e. The molecule has 1 aromatic heterocycles. The van der Waals surface area contributed by atoms with Crippen LogP contribution in [0, 0.1) is 10.1 Å². The first-order chi connectivity index (χ1) is 9.63. The Morgan fingerprint density at radius 3 is 2.55 bits per heavy atom. The molecule has 0 saturated heterocycles. The van der Waals surface area contributed by atoms with Crippen molar-refractivity contribution >= 4 is 16.7 Å². The first-order valence-electron chi connectivity index (χ1n) is 5.97. The van der Waals surface area contributed by atoms with E-state index in [1.807, 2.05) is 29.8 Å². The largest absolute Gasteiger partial charge is 0.457 e. The summed E-state index contributed by atoms with van der Waals surface area (Å²) in [5.74, 6) is 1.19. The van der Waals surface area contributed by atoms with Crippen molar-refractivity contribution in [2.75, 3.05) is 0 Å². The zero-order valence-electron chi connectivity index (χ0n) is 10.7. The monoisotopic (exact) mass is 269 g/mol. The molecule has 20 heavy (non-hydrogen) atoms. The second-order valence-electron chi connectivity index (χ2n) is 4.36. The van der Waals surface area contributed by atoms with Gasteiger partial charge in [0.2, 0.25) is 0 Å². The van der Waals surface area contributed by atoms with Gasteiger partial charge in [-0.2, -0.15) is 0 Å². The molecule has 0 unspecified atom stereocenters. The van der Waals surface area contributed by atoms with Crippen LogP contribution >= 0.6 is 0 Å². The highest BCUT2D eigenvalue weighted by Gasteiger charge is 2.06. The van der Waals surface area contributed by atoms with E-state index in [0.717, 1.165) is 11.0 Å². The number of hydrogen-bond acceptors (Lipinski definition) is 4. The summed E-state index contributed by atoms with van der Waals surface area (Å²) in [6.07, 6.45) is 1.74. The van der Waals surface area contributed by atoms with Crippen molar-refractivity contribution in [1.29, 1.82) is 0 Å². The Bertz CT molecular complexity index is 778. The molecule has 0 amide bonds. The second-order valence-corrected chi connectivity index (χ2v) is 4.36. The molecular formula is C14H11N3O3. The first kappa shape index (κ1) is 12.2. The van der Waals surface area contributed by atoms with E-state index >= 15 is 0 Å². The number of aromatic nitrogens is 2. The number of imidazole rings is 1. The molecule has 3 aromatic rings. The number of aryl methyl sites for hydroxylation is 1. The smallest absolute Gasteiger partial charge is 0.269 e. The predicted molar refractivity (Wildman–Crippen MR) is 73.9 cm³/mol. The van der Waals surface area contributed by atoms with Crippen LogP contribution < -0.4 is 4.74 Å². The molecule has 2 aromatic carbocycles. The van der Waals surface area contributed by atoms with Gasteiger partial charge in [0.15, 0.2) is 0 Å². The number of nitrogens with zero attached hydrogens (tertiary/aromatic N) is 3. The molecule has 0 aliphatic carbocycles. The number of nitro benzene ring substituents is 1. The molecule has 0 spiro atoms. The van der Waals surface area contributed by atoms with E-state index < -0.39 is 4.92 Å². The lowest BCUT2D eigenvalue weighted by molar-refractivity contribution is -0.384. The Morgan fingerprint density at radius 1 is 1.15 bits per heavy atom. The minimum atomic E-state index is -0.441. The lowest BCUT2D eigenvalue weighted by Gasteiger charge is -2.05. The van der Waals surface area contributed by atoms with Gasteiger partial charge in [-0.15, -0.1) is 0 Å². The third-order valence-corrected chi connectivity index (χ3v) is 2.98. The molecule has 0 N–H and O–H groups in total. The first-order valence-corrected chi connectivity index (χ1v) is 5.97. The standard InChI is InChI=1S/C14H11N3O3/c1-16-9-15-13-8-12(6-7-14(13)16)20-11-4-2-10(3-5-11)17(18)19/h2-9H,1H3. The van der Waals surface area contributed by atoms with Crippen molar-refractivity contribution in [1.82, 2.24) is 9.55 Å². The molecule has 1 heterocycles. The van der Waals surface area contributed by atoms with Crippen LogP contribution in [0.1, 0.15) is 0 Å². The second kappa shape index (κ2) is 4.65. The number of fused-ring (bicyclic) bond motifs is 1. The van der Waals surface area contributed by atoms with E-state index in [-0.39, 0.29) is 5.69 Å². The van der Waals surface area contributed by atoms with Gasteiger partial charge < -0.3 is 9.30 Å². The van der Waals surface area contributed by atoms with Gasteiger partial charge in [-0.1, -0.05) is 0 Å². The van der Waals surface area contributed by atoms with Crippen LogP contribution in [0.3, 0.4) is 0 Å². The average Bonchev–Trinajstić information content (AvgIpc) is 2.81. The molecule has 6 nitrogen and oxygen atoms in total. The van der Waals surface area contributed by atoms with Crippen molar-refractivity contribution in [2.45, 2.75) is 0 Å². The maximum absolute atomic E-state index is 10.6. The van der Waals surface area contributed by atoms with Crippen molar-refractivity contribution in [2.24, 2.45) is 7.05 Å². The summed E-state index contributed by atoms with van der Waals surface area (Å²) in [4.78, 5) is 14.4. The number of nitro groups is 1. The van der Waals surface area contributed by atoms with Crippen molar-refractivity contribution in [3.05, 3.63) is 58.9 Å². The van der Waals surface area contributed by atoms with Gasteiger partial charge in [0.25, 0.3) is 5.69 Å². The Labute approximate surface area is 114 Å². The number of rotatable bonds is 3. The summed E-state index contributed by atoms with van der Waals surface area (Å²) in [7, 11) is 1.92. The highest BCUT2D eigenvalue weighted by atomic mass is 16.6. The van der Waals surface area contributed by atoms with Crippen LogP contribution in [0.25, 0.3) is 11.0 Å². The molecule has 0 aliphatic heterocycles. The number of ether oxygens (including phenoxy) is 1.